The first-order valence-corrected chi connectivity index (χ1v) is 9.77. The maximum absolute atomic E-state index is 14.6. The molecule has 0 saturated carbocycles. The predicted octanol–water partition coefficient (Wildman–Crippen LogP) is 5.33. The van der Waals surface area contributed by atoms with Gasteiger partial charge in [0.15, 0.2) is 5.82 Å². The topological polar surface area (TPSA) is 67.0 Å². The van der Waals surface area contributed by atoms with Crippen LogP contribution in [0, 0.1) is 5.82 Å². The number of aromatic amines is 1. The largest absolute Gasteiger partial charge is 0.486 e. The number of nitrogens with one attached hydrogen (secondary N) is 2. The van der Waals surface area contributed by atoms with Gasteiger partial charge in [0.05, 0.1) is 23.4 Å². The molecule has 30 heavy (non-hydrogen) atoms. The van der Waals surface area contributed by atoms with Gasteiger partial charge in [0.2, 0.25) is 0 Å². The number of fused-ring (bicyclic) bond motifs is 1. The Morgan fingerprint density at radius 2 is 1.73 bits per heavy atom. The van der Waals surface area contributed by atoms with E-state index in [1.165, 1.54) is 12.4 Å². The number of rotatable bonds is 6. The number of hydrogen-bond donors (Lipinski definition) is 2. The molecule has 0 bridgehead atoms. The van der Waals surface area contributed by atoms with Crippen LogP contribution in [0.25, 0.3) is 11.0 Å². The van der Waals surface area contributed by atoms with Crippen molar-refractivity contribution in [1.82, 2.24) is 15.3 Å². The summed E-state index contributed by atoms with van der Waals surface area (Å²) in [6, 6.07) is 20.3. The molecule has 0 saturated heterocycles. The number of H-pyrrole nitrogens is 1. The summed E-state index contributed by atoms with van der Waals surface area (Å²) >= 11 is 0. The Kier molecular flexibility index (Phi) is 5.48. The zero-order chi connectivity index (χ0) is 21.1. The smallest absolute Gasteiger partial charge is 0.254 e. The molecule has 1 heterocycles. The van der Waals surface area contributed by atoms with Crippen LogP contribution in [0.4, 0.5) is 4.39 Å². The highest BCUT2D eigenvalue weighted by Crippen LogP contribution is 2.24. The third-order valence-electron chi connectivity index (χ3n) is 5.08. The number of carbonyl (C=O) groups excluding carboxylic acids is 1. The first-order valence-electron chi connectivity index (χ1n) is 9.77. The van der Waals surface area contributed by atoms with E-state index in [-0.39, 0.29) is 23.2 Å². The number of hydrogen-bond acceptors (Lipinski definition) is 3. The molecule has 0 aliphatic carbocycles. The van der Waals surface area contributed by atoms with Crippen molar-refractivity contribution in [3.63, 3.8) is 0 Å². The third kappa shape index (κ3) is 4.03. The lowest BCUT2D eigenvalue weighted by molar-refractivity contribution is 0.0936. The molecule has 2 unspecified atom stereocenters. The molecule has 0 aliphatic heterocycles. The number of carbonyl (C=O) groups is 1. The second-order valence-electron chi connectivity index (χ2n) is 7.16. The van der Waals surface area contributed by atoms with Gasteiger partial charge in [-0.2, -0.15) is 0 Å². The molecule has 4 aromatic rings. The van der Waals surface area contributed by atoms with E-state index < -0.39 is 11.7 Å². The molecule has 3 aromatic carbocycles. The molecule has 2 atom stereocenters. The van der Waals surface area contributed by atoms with Crippen LogP contribution in [0.5, 0.6) is 5.75 Å². The summed E-state index contributed by atoms with van der Waals surface area (Å²) in [6.45, 7) is 3.85. The van der Waals surface area contributed by atoms with Crippen molar-refractivity contribution in [2.45, 2.75) is 26.0 Å². The summed E-state index contributed by atoms with van der Waals surface area (Å²) in [5, 5.41) is 2.84. The fourth-order valence-electron chi connectivity index (χ4n) is 3.34. The predicted molar refractivity (Wildman–Crippen MR) is 114 cm³/mol. The lowest BCUT2D eigenvalue weighted by Gasteiger charge is -2.17. The number of nitrogens with zero attached hydrogens (tertiary/aromatic N) is 1. The van der Waals surface area contributed by atoms with Crippen LogP contribution in [0.3, 0.4) is 0 Å². The maximum Gasteiger partial charge on any atom is 0.254 e. The van der Waals surface area contributed by atoms with Crippen molar-refractivity contribution in [3.8, 4) is 5.75 Å². The lowest BCUT2D eigenvalue weighted by Crippen LogP contribution is -2.27. The van der Waals surface area contributed by atoms with Crippen LogP contribution in [0.15, 0.2) is 73.1 Å². The molecule has 0 spiro atoms. The summed E-state index contributed by atoms with van der Waals surface area (Å²) in [6.07, 6.45) is 1.33. The lowest BCUT2D eigenvalue weighted by atomic mass is 10.1. The molecule has 2 N–H and O–H groups in total. The Labute approximate surface area is 173 Å². The van der Waals surface area contributed by atoms with Gasteiger partial charge in [0.1, 0.15) is 17.4 Å². The molecule has 0 fully saturated rings. The molecule has 4 rings (SSSR count). The first kappa shape index (κ1) is 19.6. The Bertz CT molecular complexity index is 1160. The Balaban J connectivity index is 1.42. The minimum Gasteiger partial charge on any atom is -0.486 e. The molecular weight excluding hydrogens is 381 g/mol. The van der Waals surface area contributed by atoms with Gasteiger partial charge in [0, 0.05) is 0 Å². The number of halogens is 1. The highest BCUT2D eigenvalue weighted by molar-refractivity contribution is 5.98. The van der Waals surface area contributed by atoms with Gasteiger partial charge in [-0.05, 0) is 49.2 Å². The van der Waals surface area contributed by atoms with E-state index in [9.17, 15) is 9.18 Å². The van der Waals surface area contributed by atoms with E-state index in [1.54, 1.807) is 6.07 Å². The van der Waals surface area contributed by atoms with Crippen LogP contribution in [-0.2, 0) is 0 Å². The Morgan fingerprint density at radius 1 is 1.00 bits per heavy atom. The molecule has 1 aromatic heterocycles. The Morgan fingerprint density at radius 3 is 2.47 bits per heavy atom. The van der Waals surface area contributed by atoms with Crippen molar-refractivity contribution in [2.24, 2.45) is 0 Å². The fraction of sp³-hybridized carbons (Fsp3) is 0.167. The van der Waals surface area contributed by atoms with Crippen molar-refractivity contribution in [3.05, 3.63) is 95.6 Å². The minimum absolute atomic E-state index is 0.0295. The molecule has 5 nitrogen and oxygen atoms in total. The zero-order valence-electron chi connectivity index (χ0n) is 16.7. The van der Waals surface area contributed by atoms with Gasteiger partial charge >= 0.3 is 0 Å². The zero-order valence-corrected chi connectivity index (χ0v) is 16.7. The van der Waals surface area contributed by atoms with E-state index in [2.05, 4.69) is 15.3 Å². The van der Waals surface area contributed by atoms with E-state index in [0.717, 1.165) is 16.9 Å². The van der Waals surface area contributed by atoms with E-state index >= 15 is 0 Å². The van der Waals surface area contributed by atoms with Gasteiger partial charge in [-0.3, -0.25) is 4.79 Å². The highest BCUT2D eigenvalue weighted by Gasteiger charge is 2.18. The van der Waals surface area contributed by atoms with Gasteiger partial charge in [0.25, 0.3) is 5.91 Å². The third-order valence-corrected chi connectivity index (χ3v) is 5.08. The van der Waals surface area contributed by atoms with Crippen LogP contribution < -0.4 is 10.1 Å². The quantitative estimate of drug-likeness (QED) is 0.457. The van der Waals surface area contributed by atoms with Gasteiger partial charge < -0.3 is 15.0 Å². The van der Waals surface area contributed by atoms with Crippen molar-refractivity contribution >= 4 is 16.9 Å². The molecule has 152 valence electrons. The van der Waals surface area contributed by atoms with Crippen molar-refractivity contribution in [2.75, 3.05) is 0 Å². The average molecular weight is 403 g/mol. The van der Waals surface area contributed by atoms with Crippen LogP contribution in [-0.4, -0.2) is 15.9 Å². The van der Waals surface area contributed by atoms with Crippen LogP contribution >= 0.6 is 0 Å². The van der Waals surface area contributed by atoms with Gasteiger partial charge in [-0.25, -0.2) is 9.37 Å². The van der Waals surface area contributed by atoms with Crippen LogP contribution in [0.1, 0.15) is 47.5 Å². The molecule has 1 amide bonds. The average Bonchev–Trinajstić information content (AvgIpc) is 3.25. The first-order chi connectivity index (χ1) is 14.5. The number of ether oxygens (including phenoxy) is 1. The molecule has 6 heteroatoms. The van der Waals surface area contributed by atoms with Crippen molar-refractivity contribution < 1.29 is 13.9 Å². The van der Waals surface area contributed by atoms with Gasteiger partial charge in [-0.15, -0.1) is 0 Å². The van der Waals surface area contributed by atoms with Crippen molar-refractivity contribution in [1.29, 1.82) is 0 Å². The summed E-state index contributed by atoms with van der Waals surface area (Å²) in [5.41, 5.74) is 2.67. The fourth-order valence-corrected chi connectivity index (χ4v) is 3.34. The molecule has 0 radical (unpaired) electrons. The van der Waals surface area contributed by atoms with E-state index in [4.69, 9.17) is 4.74 Å². The summed E-state index contributed by atoms with van der Waals surface area (Å²) in [7, 11) is 0. The van der Waals surface area contributed by atoms with E-state index in [1.807, 2.05) is 68.4 Å². The Hall–Kier alpha value is -3.67. The molecular formula is C24H22FN3O2. The highest BCUT2D eigenvalue weighted by atomic mass is 19.1. The number of aromatic nitrogens is 2. The standard InChI is InChI=1S/C24H22FN3O2/c1-15(28-24(29)20-12-13-21-23(22(20)25)27-14-26-21)17-8-10-19(11-9-17)30-16(2)18-6-4-3-5-7-18/h3-16H,1-2H3,(H,26,27)(H,28,29). The van der Waals surface area contributed by atoms with E-state index in [0.29, 0.717) is 5.52 Å². The maximum atomic E-state index is 14.6. The minimum atomic E-state index is -0.628. The number of amides is 1. The summed E-state index contributed by atoms with van der Waals surface area (Å²) in [5.74, 6) is -0.372. The van der Waals surface area contributed by atoms with Crippen LogP contribution in [0.2, 0.25) is 0 Å². The summed E-state index contributed by atoms with van der Waals surface area (Å²) in [4.78, 5) is 19.3. The normalized spacial score (nSPS) is 13.0. The second-order valence-corrected chi connectivity index (χ2v) is 7.16. The number of imidazole rings is 1. The SMILES string of the molecule is CC(NC(=O)c1ccc2[nH]cnc2c1F)c1ccc(OC(C)c2ccccc2)cc1. The van der Waals surface area contributed by atoms with Gasteiger partial charge in [-0.1, -0.05) is 42.5 Å². The number of benzene rings is 3. The second kappa shape index (κ2) is 8.37. The molecule has 0 aliphatic rings. The summed E-state index contributed by atoms with van der Waals surface area (Å²) < 4.78 is 20.5. The monoisotopic (exact) mass is 403 g/mol.